The maximum absolute atomic E-state index is 11.9. The van der Waals surface area contributed by atoms with Gasteiger partial charge in [-0.3, -0.25) is 10.2 Å². The first-order chi connectivity index (χ1) is 10.5. The summed E-state index contributed by atoms with van der Waals surface area (Å²) in [5.74, 6) is -0.976. The van der Waals surface area contributed by atoms with E-state index in [1.807, 2.05) is 0 Å². The fourth-order valence-corrected chi connectivity index (χ4v) is 1.91. The number of nitrogens with one attached hydrogen (secondary N) is 2. The van der Waals surface area contributed by atoms with Crippen LogP contribution in [0.5, 0.6) is 0 Å². The summed E-state index contributed by atoms with van der Waals surface area (Å²) >= 11 is 3.27. The first-order valence-electron chi connectivity index (χ1n) is 5.88. The van der Waals surface area contributed by atoms with Gasteiger partial charge in [-0.25, -0.2) is 0 Å². The Hall–Kier alpha value is -2.82. The van der Waals surface area contributed by atoms with Crippen LogP contribution in [0, 0.1) is 10.1 Å². The van der Waals surface area contributed by atoms with Crippen molar-refractivity contribution in [3.63, 3.8) is 0 Å². The molecule has 2 aromatic rings. The summed E-state index contributed by atoms with van der Waals surface area (Å²) in [6.07, 6.45) is 0. The number of amides is 1. The van der Waals surface area contributed by atoms with Crippen LogP contribution in [0.2, 0.25) is 0 Å². The molecule has 0 saturated carbocycles. The molecule has 1 aromatic carbocycles. The largest absolute Gasteiger partial charge is 0.514 e. The van der Waals surface area contributed by atoms with E-state index in [9.17, 15) is 14.9 Å². The molecular weight excluding hydrogens is 358 g/mol. The van der Waals surface area contributed by atoms with E-state index in [2.05, 4.69) is 48.8 Å². The standard InChI is InChI=1S/C11H10BrN7O3/c1-7(6-18-16-11(15-17-18)19(21)22)13-14-10(20)8-4-2-3-5-9(8)12/h2-5,13H,1,6H2,(H,14,20). The lowest BCUT2D eigenvalue weighted by Gasteiger charge is -2.10. The minimum absolute atomic E-state index is 0.0110. The van der Waals surface area contributed by atoms with E-state index in [4.69, 9.17) is 0 Å². The van der Waals surface area contributed by atoms with Crippen molar-refractivity contribution < 1.29 is 9.72 Å². The molecule has 0 unspecified atom stereocenters. The monoisotopic (exact) mass is 367 g/mol. The first kappa shape index (κ1) is 15.6. The van der Waals surface area contributed by atoms with Crippen molar-refractivity contribution in [1.29, 1.82) is 0 Å². The molecule has 114 valence electrons. The molecule has 22 heavy (non-hydrogen) atoms. The average Bonchev–Trinajstić information content (AvgIpc) is 2.94. The Kier molecular flexibility index (Phi) is 4.78. The molecule has 0 spiro atoms. The quantitative estimate of drug-likeness (QED) is 0.570. The summed E-state index contributed by atoms with van der Waals surface area (Å²) in [5, 5.41) is 20.7. The molecule has 0 aliphatic rings. The molecule has 0 fully saturated rings. The maximum atomic E-state index is 11.9. The van der Waals surface area contributed by atoms with Gasteiger partial charge in [0.05, 0.1) is 15.8 Å². The van der Waals surface area contributed by atoms with E-state index in [0.29, 0.717) is 15.7 Å². The number of allylic oxidation sites excluding steroid dienone is 1. The van der Waals surface area contributed by atoms with E-state index >= 15 is 0 Å². The molecule has 0 aliphatic heterocycles. The molecular formula is C11H10BrN7O3. The highest BCUT2D eigenvalue weighted by atomic mass is 79.9. The summed E-state index contributed by atoms with van der Waals surface area (Å²) in [4.78, 5) is 22.6. The summed E-state index contributed by atoms with van der Waals surface area (Å²) in [5.41, 5.74) is 5.80. The fourth-order valence-electron chi connectivity index (χ4n) is 1.44. The van der Waals surface area contributed by atoms with E-state index in [-0.39, 0.29) is 12.5 Å². The molecule has 0 saturated heterocycles. The van der Waals surface area contributed by atoms with Crippen molar-refractivity contribution in [3.05, 3.63) is 56.7 Å². The van der Waals surface area contributed by atoms with Crippen molar-refractivity contribution in [1.82, 2.24) is 31.1 Å². The minimum atomic E-state index is -0.756. The van der Waals surface area contributed by atoms with Crippen LogP contribution in [0.3, 0.4) is 0 Å². The molecule has 11 heteroatoms. The Labute approximate surface area is 132 Å². The summed E-state index contributed by atoms with van der Waals surface area (Å²) in [6.45, 7) is 3.67. The molecule has 0 radical (unpaired) electrons. The summed E-state index contributed by atoms with van der Waals surface area (Å²) < 4.78 is 0.647. The zero-order valence-corrected chi connectivity index (χ0v) is 12.6. The molecule has 2 N–H and O–H groups in total. The lowest BCUT2D eigenvalue weighted by atomic mass is 10.2. The lowest BCUT2D eigenvalue weighted by Crippen LogP contribution is -2.37. The Bertz CT molecular complexity index is 730. The van der Waals surface area contributed by atoms with Gasteiger partial charge < -0.3 is 15.5 Å². The number of hydrogen-bond acceptors (Lipinski definition) is 7. The Balaban J connectivity index is 1.88. The highest BCUT2D eigenvalue weighted by Gasteiger charge is 2.16. The maximum Gasteiger partial charge on any atom is 0.514 e. The van der Waals surface area contributed by atoms with Gasteiger partial charge in [-0.05, 0) is 33.0 Å². The van der Waals surface area contributed by atoms with Crippen LogP contribution in [-0.4, -0.2) is 31.0 Å². The number of tetrazole rings is 1. The fraction of sp³-hybridized carbons (Fsp3) is 0.0909. The normalized spacial score (nSPS) is 10.0. The number of hydrogen-bond donors (Lipinski definition) is 2. The highest BCUT2D eigenvalue weighted by Crippen LogP contribution is 2.15. The number of aromatic nitrogens is 4. The summed E-state index contributed by atoms with van der Waals surface area (Å²) in [7, 11) is 0. The van der Waals surface area contributed by atoms with Crippen LogP contribution in [0.4, 0.5) is 5.95 Å². The van der Waals surface area contributed by atoms with Gasteiger partial charge in [0.15, 0.2) is 0 Å². The Morgan fingerprint density at radius 2 is 2.14 bits per heavy atom. The van der Waals surface area contributed by atoms with Gasteiger partial charge in [0, 0.05) is 15.4 Å². The number of benzene rings is 1. The van der Waals surface area contributed by atoms with Crippen molar-refractivity contribution in [2.45, 2.75) is 6.54 Å². The second-order valence-corrected chi connectivity index (χ2v) is 4.89. The number of carbonyl (C=O) groups is 1. The average molecular weight is 368 g/mol. The third-order valence-electron chi connectivity index (χ3n) is 2.41. The number of hydrazine groups is 1. The van der Waals surface area contributed by atoms with Crippen molar-refractivity contribution in [2.75, 3.05) is 0 Å². The van der Waals surface area contributed by atoms with Gasteiger partial charge in [-0.1, -0.05) is 23.5 Å². The predicted molar refractivity (Wildman–Crippen MR) is 78.4 cm³/mol. The zero-order valence-electron chi connectivity index (χ0n) is 11.1. The van der Waals surface area contributed by atoms with Crippen LogP contribution < -0.4 is 10.9 Å². The van der Waals surface area contributed by atoms with E-state index in [1.54, 1.807) is 24.3 Å². The Morgan fingerprint density at radius 1 is 1.41 bits per heavy atom. The predicted octanol–water partition coefficient (Wildman–Crippen LogP) is 0.792. The van der Waals surface area contributed by atoms with E-state index in [1.165, 1.54) is 0 Å². The SMILES string of the molecule is C=C(Cn1nnc([N+](=O)[O-])n1)NNC(=O)c1ccccc1Br. The Morgan fingerprint density at radius 3 is 2.77 bits per heavy atom. The zero-order chi connectivity index (χ0) is 16.1. The molecule has 0 aliphatic carbocycles. The van der Waals surface area contributed by atoms with Crippen LogP contribution >= 0.6 is 15.9 Å². The molecule has 1 aromatic heterocycles. The van der Waals surface area contributed by atoms with Gasteiger partial charge in [-0.15, -0.1) is 0 Å². The number of rotatable bonds is 6. The molecule has 0 atom stereocenters. The van der Waals surface area contributed by atoms with Crippen LogP contribution in [0.15, 0.2) is 41.0 Å². The van der Waals surface area contributed by atoms with Crippen molar-refractivity contribution in [3.8, 4) is 0 Å². The molecule has 2 rings (SSSR count). The lowest BCUT2D eigenvalue weighted by molar-refractivity contribution is -0.394. The van der Waals surface area contributed by atoms with Gasteiger partial charge in [0.25, 0.3) is 5.91 Å². The number of nitro groups is 1. The molecule has 0 bridgehead atoms. The van der Waals surface area contributed by atoms with Crippen molar-refractivity contribution in [2.24, 2.45) is 0 Å². The van der Waals surface area contributed by atoms with E-state index in [0.717, 1.165) is 4.80 Å². The molecule has 10 nitrogen and oxygen atoms in total. The molecule has 1 heterocycles. The van der Waals surface area contributed by atoms with Gasteiger partial charge in [0.2, 0.25) is 0 Å². The highest BCUT2D eigenvalue weighted by molar-refractivity contribution is 9.10. The van der Waals surface area contributed by atoms with Gasteiger partial charge >= 0.3 is 5.95 Å². The number of nitrogens with zero attached hydrogens (tertiary/aromatic N) is 5. The second-order valence-electron chi connectivity index (χ2n) is 4.04. The van der Waals surface area contributed by atoms with Crippen LogP contribution in [-0.2, 0) is 6.54 Å². The van der Waals surface area contributed by atoms with Gasteiger partial charge in [-0.2, -0.15) is 0 Å². The number of halogens is 1. The summed E-state index contributed by atoms with van der Waals surface area (Å²) in [6, 6.07) is 6.90. The third-order valence-corrected chi connectivity index (χ3v) is 3.10. The minimum Gasteiger partial charge on any atom is -0.390 e. The molecule has 1 amide bonds. The van der Waals surface area contributed by atoms with Crippen molar-refractivity contribution >= 4 is 27.8 Å². The van der Waals surface area contributed by atoms with Crippen LogP contribution in [0.1, 0.15) is 10.4 Å². The van der Waals surface area contributed by atoms with E-state index < -0.39 is 10.9 Å². The first-order valence-corrected chi connectivity index (χ1v) is 6.67. The second kappa shape index (κ2) is 6.76. The van der Waals surface area contributed by atoms with Crippen LogP contribution in [0.25, 0.3) is 0 Å². The topological polar surface area (TPSA) is 128 Å². The number of carbonyl (C=O) groups excluding carboxylic acids is 1. The third kappa shape index (κ3) is 3.85. The van der Waals surface area contributed by atoms with Gasteiger partial charge in [0.1, 0.15) is 6.54 Å². The smallest absolute Gasteiger partial charge is 0.390 e.